The molecule has 0 spiro atoms. The molecule has 9 heavy (non-hydrogen) atoms. The van der Waals surface area contributed by atoms with Crippen LogP contribution >= 0.6 is 0 Å². The van der Waals surface area contributed by atoms with E-state index in [0.717, 1.165) is 5.57 Å². The van der Waals surface area contributed by atoms with Crippen LogP contribution in [-0.2, 0) is 4.79 Å². The minimum atomic E-state index is -0.102. The van der Waals surface area contributed by atoms with Crippen molar-refractivity contribution in [2.75, 3.05) is 0 Å². The van der Waals surface area contributed by atoms with Crippen LogP contribution in [0.15, 0.2) is 29.0 Å². The fraction of sp³-hybridized carbons (Fsp3) is 0. The molecule has 3 nitrogen and oxygen atoms in total. The molecule has 0 saturated heterocycles. The molecule has 0 atom stereocenters. The molecule has 2 heterocycles. The summed E-state index contributed by atoms with van der Waals surface area (Å²) in [5.41, 5.74) is 1.43. The zero-order valence-electron chi connectivity index (χ0n) is 4.59. The Morgan fingerprint density at radius 1 is 1.56 bits per heavy atom. The Kier molecular flexibility index (Phi) is 0.656. The van der Waals surface area contributed by atoms with Crippen molar-refractivity contribution in [3.63, 3.8) is 0 Å². The lowest BCUT2D eigenvalue weighted by molar-refractivity contribution is -0.113. The van der Waals surface area contributed by atoms with Gasteiger partial charge in [-0.15, -0.1) is 0 Å². The third-order valence-electron chi connectivity index (χ3n) is 1.31. The number of allylic oxidation sites excluding steroid dienone is 1. The summed E-state index contributed by atoms with van der Waals surface area (Å²) < 4.78 is 0. The largest absolute Gasteiger partial charge is 0.327 e. The second-order valence-corrected chi connectivity index (χ2v) is 1.87. The molecule has 44 valence electrons. The number of nitrogens with one attached hydrogen (secondary N) is 1. The summed E-state index contributed by atoms with van der Waals surface area (Å²) >= 11 is 0. The predicted octanol–water partition coefficient (Wildman–Crippen LogP) is -0.0316. The number of hydrogen-bond donors (Lipinski definition) is 1. The number of aliphatic imine (C=N–C) groups is 1. The van der Waals surface area contributed by atoms with E-state index in [1.165, 1.54) is 0 Å². The average Bonchev–Trinajstić information content (AvgIpc) is 2.35. The summed E-state index contributed by atoms with van der Waals surface area (Å²) in [6.07, 6.45) is 5.08. The Labute approximate surface area is 51.8 Å². The standard InChI is InChI=1S/C6H4N2O/c9-6-5-4(3-8-6)1-2-7-5/h1-3H,(H,8,9). The molecule has 3 heteroatoms. The zero-order chi connectivity index (χ0) is 6.27. The highest BCUT2D eigenvalue weighted by molar-refractivity contribution is 6.49. The normalized spacial score (nSPS) is 21.1. The predicted molar refractivity (Wildman–Crippen MR) is 32.8 cm³/mol. The van der Waals surface area contributed by atoms with Crippen molar-refractivity contribution >= 4 is 11.6 Å². The van der Waals surface area contributed by atoms with Gasteiger partial charge in [0.2, 0.25) is 0 Å². The van der Waals surface area contributed by atoms with E-state index in [1.807, 2.05) is 0 Å². The molecule has 2 aliphatic rings. The van der Waals surface area contributed by atoms with Gasteiger partial charge in [0.1, 0.15) is 5.71 Å². The van der Waals surface area contributed by atoms with E-state index in [1.54, 1.807) is 18.5 Å². The molecule has 1 N–H and O–H groups in total. The Balaban J connectivity index is 2.53. The molecule has 0 fully saturated rings. The van der Waals surface area contributed by atoms with E-state index < -0.39 is 0 Å². The van der Waals surface area contributed by atoms with Crippen LogP contribution in [-0.4, -0.2) is 11.6 Å². The first-order chi connectivity index (χ1) is 4.38. The van der Waals surface area contributed by atoms with E-state index >= 15 is 0 Å². The first-order valence-electron chi connectivity index (χ1n) is 2.64. The summed E-state index contributed by atoms with van der Waals surface area (Å²) in [5, 5.41) is 2.54. The average molecular weight is 120 g/mol. The maximum absolute atomic E-state index is 10.7. The molecular formula is C6H4N2O. The van der Waals surface area contributed by atoms with E-state index in [0.29, 0.717) is 5.71 Å². The molecule has 2 aliphatic heterocycles. The van der Waals surface area contributed by atoms with Gasteiger partial charge < -0.3 is 5.32 Å². The quantitative estimate of drug-likeness (QED) is 0.479. The van der Waals surface area contributed by atoms with Gasteiger partial charge in [0.05, 0.1) is 0 Å². The minimum Gasteiger partial charge on any atom is -0.327 e. The first kappa shape index (κ1) is 4.49. The second kappa shape index (κ2) is 1.31. The molecule has 1 amide bonds. The summed E-state index contributed by atoms with van der Waals surface area (Å²) in [6.45, 7) is 0. The molecule has 0 aliphatic carbocycles. The van der Waals surface area contributed by atoms with Crippen molar-refractivity contribution in [2.24, 2.45) is 4.99 Å². The summed E-state index contributed by atoms with van der Waals surface area (Å²) in [6, 6.07) is 0. The van der Waals surface area contributed by atoms with Crippen LogP contribution in [0, 0.1) is 0 Å². The summed E-state index contributed by atoms with van der Waals surface area (Å²) in [7, 11) is 0. The third kappa shape index (κ3) is 0.455. The molecule has 0 saturated carbocycles. The lowest BCUT2D eigenvalue weighted by atomic mass is 10.2. The van der Waals surface area contributed by atoms with Crippen LogP contribution in [0.1, 0.15) is 0 Å². The van der Waals surface area contributed by atoms with Crippen LogP contribution in [0.2, 0.25) is 0 Å². The fourth-order valence-electron chi connectivity index (χ4n) is 0.863. The minimum absolute atomic E-state index is 0.102. The van der Waals surface area contributed by atoms with Crippen LogP contribution in [0.5, 0.6) is 0 Å². The van der Waals surface area contributed by atoms with Crippen molar-refractivity contribution in [3.8, 4) is 0 Å². The van der Waals surface area contributed by atoms with Crippen molar-refractivity contribution in [1.82, 2.24) is 5.32 Å². The van der Waals surface area contributed by atoms with Gasteiger partial charge in [-0.25, -0.2) is 0 Å². The van der Waals surface area contributed by atoms with Gasteiger partial charge in [-0.1, -0.05) is 0 Å². The molecular weight excluding hydrogens is 116 g/mol. The summed E-state index contributed by atoms with van der Waals surface area (Å²) in [4.78, 5) is 14.6. The Morgan fingerprint density at radius 2 is 2.44 bits per heavy atom. The maximum atomic E-state index is 10.7. The molecule has 0 unspecified atom stereocenters. The van der Waals surface area contributed by atoms with Gasteiger partial charge in [0.25, 0.3) is 5.91 Å². The van der Waals surface area contributed by atoms with Gasteiger partial charge in [-0.2, -0.15) is 0 Å². The van der Waals surface area contributed by atoms with Crippen LogP contribution in [0.3, 0.4) is 0 Å². The monoisotopic (exact) mass is 120 g/mol. The highest BCUT2D eigenvalue weighted by Gasteiger charge is 2.21. The Bertz CT molecular complexity index is 260. The number of hydrogen-bond acceptors (Lipinski definition) is 2. The maximum Gasteiger partial charge on any atom is 0.274 e. The molecule has 0 aromatic rings. The number of carbonyl (C=O) groups excluding carboxylic acids is 1. The lowest BCUT2D eigenvalue weighted by Crippen LogP contribution is -2.18. The Morgan fingerprint density at radius 3 is 3.22 bits per heavy atom. The van der Waals surface area contributed by atoms with Gasteiger partial charge in [0, 0.05) is 18.0 Å². The van der Waals surface area contributed by atoms with E-state index in [-0.39, 0.29) is 5.91 Å². The number of fused-ring (bicyclic) bond motifs is 1. The lowest BCUT2D eigenvalue weighted by Gasteiger charge is -1.85. The van der Waals surface area contributed by atoms with Gasteiger partial charge >= 0.3 is 0 Å². The van der Waals surface area contributed by atoms with Crippen LogP contribution in [0.25, 0.3) is 0 Å². The first-order valence-corrected chi connectivity index (χ1v) is 2.64. The van der Waals surface area contributed by atoms with Crippen molar-refractivity contribution < 1.29 is 4.79 Å². The third-order valence-corrected chi connectivity index (χ3v) is 1.31. The van der Waals surface area contributed by atoms with E-state index in [4.69, 9.17) is 0 Å². The van der Waals surface area contributed by atoms with Crippen LogP contribution < -0.4 is 5.32 Å². The van der Waals surface area contributed by atoms with Gasteiger partial charge in [-0.05, 0) is 6.08 Å². The zero-order valence-corrected chi connectivity index (χ0v) is 4.59. The smallest absolute Gasteiger partial charge is 0.274 e. The Hall–Kier alpha value is -1.38. The molecule has 0 radical (unpaired) electrons. The summed E-state index contributed by atoms with van der Waals surface area (Å²) in [5.74, 6) is -0.102. The number of amides is 1. The molecule has 0 aromatic carbocycles. The van der Waals surface area contributed by atoms with E-state index in [2.05, 4.69) is 10.3 Å². The number of carbonyl (C=O) groups is 1. The topological polar surface area (TPSA) is 41.5 Å². The van der Waals surface area contributed by atoms with Gasteiger partial charge in [-0.3, -0.25) is 9.79 Å². The fourth-order valence-corrected chi connectivity index (χ4v) is 0.863. The van der Waals surface area contributed by atoms with Crippen molar-refractivity contribution in [3.05, 3.63) is 24.0 Å². The highest BCUT2D eigenvalue weighted by Crippen LogP contribution is 2.11. The number of nitrogens with zero attached hydrogens (tertiary/aromatic N) is 1. The molecule has 0 bridgehead atoms. The van der Waals surface area contributed by atoms with E-state index in [9.17, 15) is 4.79 Å². The second-order valence-electron chi connectivity index (χ2n) is 1.87. The SMILES string of the molecule is O=C1NC=C2C=CN=C12. The highest BCUT2D eigenvalue weighted by atomic mass is 16.2. The van der Waals surface area contributed by atoms with Gasteiger partial charge in [0.15, 0.2) is 0 Å². The van der Waals surface area contributed by atoms with Crippen molar-refractivity contribution in [1.29, 1.82) is 0 Å². The number of rotatable bonds is 0. The molecule has 2 rings (SSSR count). The van der Waals surface area contributed by atoms with Crippen molar-refractivity contribution in [2.45, 2.75) is 0 Å². The molecule has 0 aromatic heterocycles. The van der Waals surface area contributed by atoms with Crippen LogP contribution in [0.4, 0.5) is 0 Å².